The highest BCUT2D eigenvalue weighted by Crippen LogP contribution is 2.31. The summed E-state index contributed by atoms with van der Waals surface area (Å²) in [6, 6.07) is 0.968. The van der Waals surface area contributed by atoms with Gasteiger partial charge < -0.3 is 4.90 Å². The minimum absolute atomic E-state index is 0.00901. The van der Waals surface area contributed by atoms with Crippen LogP contribution in [0.4, 0.5) is 18.9 Å². The highest BCUT2D eigenvalue weighted by Gasteiger charge is 2.32. The molecule has 1 aromatic heterocycles. The van der Waals surface area contributed by atoms with Crippen molar-refractivity contribution in [3.63, 3.8) is 0 Å². The highest BCUT2D eigenvalue weighted by atomic mass is 32.2. The summed E-state index contributed by atoms with van der Waals surface area (Å²) in [5, 5.41) is 0. The van der Waals surface area contributed by atoms with Crippen molar-refractivity contribution in [1.29, 1.82) is 0 Å². The first-order valence-electron chi connectivity index (χ1n) is 5.68. The Morgan fingerprint density at radius 2 is 1.75 bits per heavy atom. The number of rotatable bonds is 2. The molecule has 1 fully saturated rings. The fraction of sp³-hybridized carbons (Fsp3) is 0.500. The number of nitrogens with zero attached hydrogens (tertiary/aromatic N) is 3. The Bertz CT molecular complexity index is 583. The van der Waals surface area contributed by atoms with Crippen molar-refractivity contribution in [1.82, 2.24) is 9.29 Å². The van der Waals surface area contributed by atoms with Crippen LogP contribution in [0.25, 0.3) is 0 Å². The van der Waals surface area contributed by atoms with Crippen LogP contribution in [0.3, 0.4) is 0 Å². The molecule has 2 heterocycles. The first kappa shape index (κ1) is 15.0. The average Bonchev–Trinajstić information content (AvgIpc) is 2.37. The summed E-state index contributed by atoms with van der Waals surface area (Å²) in [4.78, 5) is 5.14. The summed E-state index contributed by atoms with van der Waals surface area (Å²) >= 11 is 0. The third-order valence-electron chi connectivity index (χ3n) is 2.98. The maximum atomic E-state index is 12.6. The van der Waals surface area contributed by atoms with Gasteiger partial charge in [0.2, 0.25) is 0 Å². The van der Waals surface area contributed by atoms with Crippen molar-refractivity contribution in [2.45, 2.75) is 6.18 Å². The molecule has 1 aliphatic rings. The number of alkyl halides is 3. The van der Waals surface area contributed by atoms with Crippen LogP contribution in [0.1, 0.15) is 5.56 Å². The Labute approximate surface area is 113 Å². The molecular formula is C10H12F3N3O3S. The van der Waals surface area contributed by atoms with Crippen LogP contribution in [0.15, 0.2) is 18.5 Å². The molecule has 6 nitrogen and oxygen atoms in total. The quantitative estimate of drug-likeness (QED) is 0.826. The summed E-state index contributed by atoms with van der Waals surface area (Å²) in [7, 11) is -4.25. The topological polar surface area (TPSA) is 73.7 Å². The van der Waals surface area contributed by atoms with E-state index in [9.17, 15) is 21.6 Å². The molecule has 0 amide bonds. The van der Waals surface area contributed by atoms with Gasteiger partial charge in [-0.15, -0.1) is 0 Å². The van der Waals surface area contributed by atoms with Crippen molar-refractivity contribution in [2.75, 3.05) is 31.1 Å². The van der Waals surface area contributed by atoms with Gasteiger partial charge in [0.25, 0.3) is 0 Å². The lowest BCUT2D eigenvalue weighted by molar-refractivity contribution is -0.137. The van der Waals surface area contributed by atoms with E-state index in [1.807, 2.05) is 0 Å². The molecule has 10 heteroatoms. The lowest BCUT2D eigenvalue weighted by Gasteiger charge is -2.33. The molecule has 2 rings (SSSR count). The highest BCUT2D eigenvalue weighted by molar-refractivity contribution is 7.83. The minimum atomic E-state index is -4.47. The molecule has 20 heavy (non-hydrogen) atoms. The average molecular weight is 311 g/mol. The van der Waals surface area contributed by atoms with E-state index in [1.54, 1.807) is 4.90 Å². The van der Waals surface area contributed by atoms with Gasteiger partial charge in [0.15, 0.2) is 0 Å². The lowest BCUT2D eigenvalue weighted by atomic mass is 10.2. The lowest BCUT2D eigenvalue weighted by Crippen LogP contribution is -2.48. The Kier molecular flexibility index (Phi) is 3.89. The molecule has 1 N–H and O–H groups in total. The van der Waals surface area contributed by atoms with E-state index in [4.69, 9.17) is 4.55 Å². The van der Waals surface area contributed by atoms with Gasteiger partial charge in [-0.25, -0.2) is 0 Å². The van der Waals surface area contributed by atoms with Crippen LogP contribution in [-0.2, 0) is 16.5 Å². The smallest absolute Gasteiger partial charge is 0.368 e. The number of hydrogen-bond acceptors (Lipinski definition) is 4. The Hall–Kier alpha value is -1.39. The van der Waals surface area contributed by atoms with Crippen LogP contribution < -0.4 is 4.90 Å². The molecule has 112 valence electrons. The fourth-order valence-electron chi connectivity index (χ4n) is 1.93. The van der Waals surface area contributed by atoms with E-state index in [0.717, 1.165) is 16.6 Å². The van der Waals surface area contributed by atoms with E-state index in [-0.39, 0.29) is 31.9 Å². The van der Waals surface area contributed by atoms with Crippen molar-refractivity contribution < 1.29 is 26.1 Å². The van der Waals surface area contributed by atoms with Crippen LogP contribution >= 0.6 is 0 Å². The summed E-state index contributed by atoms with van der Waals surface area (Å²) in [6.07, 6.45) is -2.45. The molecule has 0 atom stereocenters. The molecule has 0 aromatic carbocycles. The number of anilines is 1. The van der Waals surface area contributed by atoms with Gasteiger partial charge in [-0.2, -0.15) is 25.9 Å². The minimum Gasteiger partial charge on any atom is -0.368 e. The summed E-state index contributed by atoms with van der Waals surface area (Å²) < 4.78 is 69.3. The molecule has 0 saturated carbocycles. The summed E-state index contributed by atoms with van der Waals surface area (Å²) in [5.41, 5.74) is -0.581. The second-order valence-corrected chi connectivity index (χ2v) is 5.71. The van der Waals surface area contributed by atoms with Crippen molar-refractivity contribution in [3.05, 3.63) is 24.0 Å². The Morgan fingerprint density at radius 1 is 1.15 bits per heavy atom. The van der Waals surface area contributed by atoms with E-state index in [0.29, 0.717) is 0 Å². The standard InChI is InChI=1S/C10H12F3N3O3S/c11-10(12,13)8-5-9(7-14-6-8)15-1-3-16(4-2-15)20(17,18)19/h5-7H,1-4H2,(H,17,18,19). The maximum absolute atomic E-state index is 12.6. The molecule has 0 bridgehead atoms. The molecular weight excluding hydrogens is 299 g/mol. The van der Waals surface area contributed by atoms with Gasteiger partial charge in [-0.05, 0) is 6.07 Å². The largest absolute Gasteiger partial charge is 0.417 e. The summed E-state index contributed by atoms with van der Waals surface area (Å²) in [6.45, 7) is 0.385. The monoisotopic (exact) mass is 311 g/mol. The molecule has 0 aliphatic carbocycles. The van der Waals surface area contributed by atoms with Gasteiger partial charge in [0.1, 0.15) is 0 Å². The molecule has 0 spiro atoms. The second kappa shape index (κ2) is 5.19. The number of hydrogen-bond donors (Lipinski definition) is 1. The van der Waals surface area contributed by atoms with E-state index >= 15 is 0 Å². The number of pyridine rings is 1. The van der Waals surface area contributed by atoms with E-state index in [1.165, 1.54) is 6.20 Å². The Balaban J connectivity index is 2.12. The first-order valence-corrected chi connectivity index (χ1v) is 7.07. The second-order valence-electron chi connectivity index (χ2n) is 4.29. The zero-order chi connectivity index (χ0) is 15.0. The van der Waals surface area contributed by atoms with Gasteiger partial charge in [-0.3, -0.25) is 9.54 Å². The molecule has 1 aliphatic heterocycles. The third kappa shape index (κ3) is 3.38. The van der Waals surface area contributed by atoms with Gasteiger partial charge in [0, 0.05) is 32.4 Å². The molecule has 0 unspecified atom stereocenters. The molecule has 1 aromatic rings. The van der Waals surface area contributed by atoms with Crippen molar-refractivity contribution >= 4 is 16.0 Å². The number of aromatic nitrogens is 1. The van der Waals surface area contributed by atoms with Crippen LogP contribution in [-0.4, -0.2) is 48.4 Å². The third-order valence-corrected chi connectivity index (χ3v) is 4.00. The van der Waals surface area contributed by atoms with Crippen molar-refractivity contribution in [3.8, 4) is 0 Å². The van der Waals surface area contributed by atoms with Crippen LogP contribution in [0.2, 0.25) is 0 Å². The van der Waals surface area contributed by atoms with Gasteiger partial charge in [-0.1, -0.05) is 0 Å². The fourth-order valence-corrected chi connectivity index (χ4v) is 2.56. The molecule has 0 radical (unpaired) electrons. The van der Waals surface area contributed by atoms with E-state index < -0.39 is 22.0 Å². The SMILES string of the molecule is O=S(=O)(O)N1CCN(c2cncc(C(F)(F)F)c2)CC1. The van der Waals surface area contributed by atoms with Crippen LogP contribution in [0, 0.1) is 0 Å². The zero-order valence-electron chi connectivity index (χ0n) is 10.2. The van der Waals surface area contributed by atoms with Gasteiger partial charge >= 0.3 is 16.5 Å². The van der Waals surface area contributed by atoms with Crippen LogP contribution in [0.5, 0.6) is 0 Å². The molecule has 1 saturated heterocycles. The number of piperazine rings is 1. The van der Waals surface area contributed by atoms with E-state index in [2.05, 4.69) is 4.98 Å². The van der Waals surface area contributed by atoms with Crippen molar-refractivity contribution in [2.24, 2.45) is 0 Å². The van der Waals surface area contributed by atoms with Gasteiger partial charge in [0.05, 0.1) is 17.4 Å². The zero-order valence-corrected chi connectivity index (χ0v) is 11.0. The predicted molar refractivity (Wildman–Crippen MR) is 64.6 cm³/mol. The Morgan fingerprint density at radius 3 is 2.25 bits per heavy atom. The maximum Gasteiger partial charge on any atom is 0.417 e. The number of halogens is 3. The first-order chi connectivity index (χ1) is 9.18. The normalized spacial score (nSPS) is 18.3. The summed E-state index contributed by atoms with van der Waals surface area (Å²) in [5.74, 6) is 0. The predicted octanol–water partition coefficient (Wildman–Crippen LogP) is 1.03.